The minimum atomic E-state index is -0.245. The molecule has 0 bridgehead atoms. The van der Waals surface area contributed by atoms with Crippen molar-refractivity contribution >= 4 is 11.7 Å². The molecule has 0 radical (unpaired) electrons. The molecule has 1 amide bonds. The molecule has 0 atom stereocenters. The van der Waals surface area contributed by atoms with Crippen LogP contribution in [-0.2, 0) is 0 Å². The standard InChI is InChI=1S/C20H28N4O3/c1-14(2)9-10-21-19-13-18(23-15(3)24-19)20(25)22-11-12-27-17-7-5-16(26-4)6-8-17/h5-8,13-14H,9-12H2,1-4H3,(H,22,25)(H,21,23,24). The maximum Gasteiger partial charge on any atom is 0.270 e. The lowest BCUT2D eigenvalue weighted by molar-refractivity contribution is 0.0941. The van der Waals surface area contributed by atoms with E-state index in [4.69, 9.17) is 9.47 Å². The normalized spacial score (nSPS) is 10.6. The lowest BCUT2D eigenvalue weighted by Crippen LogP contribution is -2.29. The van der Waals surface area contributed by atoms with Crippen molar-refractivity contribution in [1.29, 1.82) is 0 Å². The summed E-state index contributed by atoms with van der Waals surface area (Å²) < 4.78 is 10.7. The van der Waals surface area contributed by atoms with Crippen LogP contribution in [0.1, 0.15) is 36.6 Å². The van der Waals surface area contributed by atoms with Gasteiger partial charge in [-0.1, -0.05) is 13.8 Å². The van der Waals surface area contributed by atoms with E-state index in [1.54, 1.807) is 20.1 Å². The van der Waals surface area contributed by atoms with Crippen LogP contribution in [0.15, 0.2) is 30.3 Å². The number of benzene rings is 1. The average Bonchev–Trinajstić information content (AvgIpc) is 2.65. The van der Waals surface area contributed by atoms with Crippen LogP contribution in [0.4, 0.5) is 5.82 Å². The Morgan fingerprint density at radius 2 is 1.81 bits per heavy atom. The van der Waals surface area contributed by atoms with E-state index in [1.807, 2.05) is 24.3 Å². The zero-order chi connectivity index (χ0) is 19.6. The molecule has 0 spiro atoms. The van der Waals surface area contributed by atoms with Crippen LogP contribution >= 0.6 is 0 Å². The Bertz CT molecular complexity index is 733. The first-order chi connectivity index (χ1) is 13.0. The number of methoxy groups -OCH3 is 1. The van der Waals surface area contributed by atoms with E-state index in [-0.39, 0.29) is 5.91 Å². The highest BCUT2D eigenvalue weighted by atomic mass is 16.5. The van der Waals surface area contributed by atoms with Crippen molar-refractivity contribution in [2.45, 2.75) is 27.2 Å². The van der Waals surface area contributed by atoms with Gasteiger partial charge in [0.2, 0.25) is 0 Å². The molecule has 0 aliphatic carbocycles. The van der Waals surface area contributed by atoms with Crippen molar-refractivity contribution in [1.82, 2.24) is 15.3 Å². The summed E-state index contributed by atoms with van der Waals surface area (Å²) in [6.07, 6.45) is 1.03. The van der Waals surface area contributed by atoms with Crippen LogP contribution in [0, 0.1) is 12.8 Å². The smallest absolute Gasteiger partial charge is 0.270 e. The number of hydrogen-bond donors (Lipinski definition) is 2. The van der Waals surface area contributed by atoms with Crippen molar-refractivity contribution in [2.75, 3.05) is 32.1 Å². The third-order valence-corrected chi connectivity index (χ3v) is 3.81. The summed E-state index contributed by atoms with van der Waals surface area (Å²) in [5.41, 5.74) is 0.346. The van der Waals surface area contributed by atoms with Gasteiger partial charge in [0.05, 0.1) is 13.7 Å². The summed E-state index contributed by atoms with van der Waals surface area (Å²) >= 11 is 0. The molecule has 0 aliphatic rings. The minimum Gasteiger partial charge on any atom is -0.497 e. The molecule has 27 heavy (non-hydrogen) atoms. The number of rotatable bonds is 10. The zero-order valence-corrected chi connectivity index (χ0v) is 16.4. The molecule has 0 unspecified atom stereocenters. The summed E-state index contributed by atoms with van der Waals surface area (Å²) in [4.78, 5) is 20.9. The summed E-state index contributed by atoms with van der Waals surface area (Å²) in [6, 6.07) is 8.97. The maximum atomic E-state index is 12.3. The third kappa shape index (κ3) is 7.13. The van der Waals surface area contributed by atoms with Gasteiger partial charge < -0.3 is 20.1 Å². The van der Waals surface area contributed by atoms with Crippen LogP contribution in [0.25, 0.3) is 0 Å². The van der Waals surface area contributed by atoms with Crippen LogP contribution in [0.2, 0.25) is 0 Å². The molecule has 1 heterocycles. The molecule has 146 valence electrons. The van der Waals surface area contributed by atoms with Crippen LogP contribution < -0.4 is 20.1 Å². The van der Waals surface area contributed by atoms with Gasteiger partial charge >= 0.3 is 0 Å². The molecule has 1 aromatic heterocycles. The van der Waals surface area contributed by atoms with Crippen molar-refractivity contribution < 1.29 is 14.3 Å². The van der Waals surface area contributed by atoms with Crippen molar-refractivity contribution in [2.24, 2.45) is 5.92 Å². The Balaban J connectivity index is 1.81. The van der Waals surface area contributed by atoms with Crippen molar-refractivity contribution in [3.05, 3.63) is 41.9 Å². The molecule has 7 nitrogen and oxygen atoms in total. The van der Waals surface area contributed by atoms with Crippen molar-refractivity contribution in [3.8, 4) is 11.5 Å². The molecule has 1 aromatic carbocycles. The zero-order valence-electron chi connectivity index (χ0n) is 16.4. The lowest BCUT2D eigenvalue weighted by atomic mass is 10.1. The Morgan fingerprint density at radius 1 is 1.11 bits per heavy atom. The quantitative estimate of drug-likeness (QED) is 0.624. The van der Waals surface area contributed by atoms with Crippen LogP contribution in [-0.4, -0.2) is 42.7 Å². The Morgan fingerprint density at radius 3 is 2.48 bits per heavy atom. The highest BCUT2D eigenvalue weighted by molar-refractivity contribution is 5.92. The molecule has 0 saturated heterocycles. The van der Waals surface area contributed by atoms with Gasteiger partial charge in [0.1, 0.15) is 35.4 Å². The monoisotopic (exact) mass is 372 g/mol. The van der Waals surface area contributed by atoms with Crippen LogP contribution in [0.3, 0.4) is 0 Å². The highest BCUT2D eigenvalue weighted by Crippen LogP contribution is 2.16. The first-order valence-electron chi connectivity index (χ1n) is 9.12. The SMILES string of the molecule is COc1ccc(OCCNC(=O)c2cc(NCCC(C)C)nc(C)n2)cc1. The molecule has 0 aliphatic heterocycles. The first kappa shape index (κ1) is 20.5. The van der Waals surface area contributed by atoms with Gasteiger partial charge in [-0.05, 0) is 43.5 Å². The van der Waals surface area contributed by atoms with Gasteiger partial charge in [0, 0.05) is 12.6 Å². The number of nitrogens with one attached hydrogen (secondary N) is 2. The first-order valence-corrected chi connectivity index (χ1v) is 9.12. The second kappa shape index (κ2) is 10.4. The number of carbonyl (C=O) groups is 1. The second-order valence-corrected chi connectivity index (χ2v) is 6.57. The summed E-state index contributed by atoms with van der Waals surface area (Å²) in [5, 5.41) is 6.06. The molecule has 2 N–H and O–H groups in total. The van der Waals surface area contributed by atoms with Gasteiger partial charge in [-0.25, -0.2) is 9.97 Å². The van der Waals surface area contributed by atoms with Gasteiger partial charge in [-0.3, -0.25) is 4.79 Å². The number of carbonyl (C=O) groups excluding carboxylic acids is 1. The molecule has 0 fully saturated rings. The number of ether oxygens (including phenoxy) is 2. The number of anilines is 1. The van der Waals surface area contributed by atoms with Gasteiger partial charge in [-0.2, -0.15) is 0 Å². The summed E-state index contributed by atoms with van der Waals surface area (Å²) in [5.74, 6) is 3.08. The maximum absolute atomic E-state index is 12.3. The van der Waals surface area contributed by atoms with Crippen LogP contribution in [0.5, 0.6) is 11.5 Å². The molecular formula is C20H28N4O3. The lowest BCUT2D eigenvalue weighted by Gasteiger charge is -2.11. The minimum absolute atomic E-state index is 0.245. The number of hydrogen-bond acceptors (Lipinski definition) is 6. The second-order valence-electron chi connectivity index (χ2n) is 6.57. The molecule has 0 saturated carbocycles. The Hall–Kier alpha value is -2.83. The molecule has 2 aromatic rings. The van der Waals surface area contributed by atoms with E-state index in [0.717, 1.165) is 24.5 Å². The third-order valence-electron chi connectivity index (χ3n) is 3.81. The topological polar surface area (TPSA) is 85.4 Å². The Kier molecular flexibility index (Phi) is 7.85. The van der Waals surface area contributed by atoms with E-state index >= 15 is 0 Å². The van der Waals surface area contributed by atoms with Gasteiger partial charge in [0.25, 0.3) is 5.91 Å². The number of aromatic nitrogens is 2. The predicted molar refractivity (Wildman–Crippen MR) is 106 cm³/mol. The highest BCUT2D eigenvalue weighted by Gasteiger charge is 2.10. The summed E-state index contributed by atoms with van der Waals surface area (Å²) in [7, 11) is 1.62. The fraction of sp³-hybridized carbons (Fsp3) is 0.450. The predicted octanol–water partition coefficient (Wildman–Crippen LogP) is 3.06. The van der Waals surface area contributed by atoms with Crippen molar-refractivity contribution in [3.63, 3.8) is 0 Å². The fourth-order valence-corrected chi connectivity index (χ4v) is 2.36. The van der Waals surface area contributed by atoms with E-state index < -0.39 is 0 Å². The summed E-state index contributed by atoms with van der Waals surface area (Å²) in [6.45, 7) is 7.66. The number of nitrogens with zero attached hydrogens (tertiary/aromatic N) is 2. The van der Waals surface area contributed by atoms with E-state index in [2.05, 4.69) is 34.4 Å². The molecule has 7 heteroatoms. The molecular weight excluding hydrogens is 344 g/mol. The number of amides is 1. The van der Waals surface area contributed by atoms with E-state index in [9.17, 15) is 4.79 Å². The van der Waals surface area contributed by atoms with E-state index in [0.29, 0.717) is 36.4 Å². The largest absolute Gasteiger partial charge is 0.497 e. The molecule has 2 rings (SSSR count). The number of aryl methyl sites for hydroxylation is 1. The van der Waals surface area contributed by atoms with Gasteiger partial charge in [-0.15, -0.1) is 0 Å². The fourth-order valence-electron chi connectivity index (χ4n) is 2.36. The average molecular weight is 372 g/mol. The van der Waals surface area contributed by atoms with E-state index in [1.165, 1.54) is 0 Å². The van der Waals surface area contributed by atoms with Gasteiger partial charge in [0.15, 0.2) is 0 Å². The Labute approximate surface area is 160 Å².